The van der Waals surface area contributed by atoms with Gasteiger partial charge in [0.05, 0.1) is 26.0 Å². The van der Waals surface area contributed by atoms with Gasteiger partial charge in [-0.15, -0.1) is 0 Å². The average Bonchev–Trinajstić information content (AvgIpc) is 2.79. The van der Waals surface area contributed by atoms with E-state index in [9.17, 15) is 0 Å². The summed E-state index contributed by atoms with van der Waals surface area (Å²) in [6.45, 7) is 10.00. The first-order valence-electron chi connectivity index (χ1n) is 6.24. The van der Waals surface area contributed by atoms with Gasteiger partial charge >= 0.3 is 0 Å². The molecule has 0 radical (unpaired) electrons. The zero-order valence-electron chi connectivity index (χ0n) is 10.7. The van der Waals surface area contributed by atoms with E-state index in [0.29, 0.717) is 0 Å². The maximum absolute atomic E-state index is 5.50. The third kappa shape index (κ3) is 3.56. The Morgan fingerprint density at radius 2 is 2.35 bits per heavy atom. The number of ether oxygens (including phenoxy) is 1. The number of nitrogens with zero attached hydrogens (tertiary/aromatic N) is 1. The van der Waals surface area contributed by atoms with Crippen LogP contribution in [0.1, 0.15) is 19.6 Å². The summed E-state index contributed by atoms with van der Waals surface area (Å²) in [5, 5.41) is 3.40. The van der Waals surface area contributed by atoms with Gasteiger partial charge in [0.25, 0.3) is 0 Å². The molecule has 0 bridgehead atoms. The predicted octanol–water partition coefficient (Wildman–Crippen LogP) is 1.48. The highest BCUT2D eigenvalue weighted by molar-refractivity contribution is 4.97. The first-order valence-corrected chi connectivity index (χ1v) is 6.24. The lowest BCUT2D eigenvalue weighted by Gasteiger charge is -2.42. The summed E-state index contributed by atoms with van der Waals surface area (Å²) in [6, 6.07) is 3.91. The van der Waals surface area contributed by atoms with E-state index in [1.807, 2.05) is 12.1 Å². The van der Waals surface area contributed by atoms with Gasteiger partial charge in [-0.3, -0.25) is 4.90 Å². The lowest BCUT2D eigenvalue weighted by molar-refractivity contribution is -0.0500. The summed E-state index contributed by atoms with van der Waals surface area (Å²) in [5.74, 6) is 0.992. The van der Waals surface area contributed by atoms with Crippen LogP contribution in [-0.4, -0.2) is 43.3 Å². The van der Waals surface area contributed by atoms with Crippen LogP contribution < -0.4 is 5.32 Å². The largest absolute Gasteiger partial charge is 0.468 e. The van der Waals surface area contributed by atoms with Crippen LogP contribution in [0.5, 0.6) is 0 Å². The molecule has 4 heteroatoms. The standard InChI is InChI=1S/C13H22N2O2/c1-13(2)11-16-9-7-15(13)6-5-14-10-12-4-3-8-17-12/h3-4,8,14H,5-7,9-11H2,1-2H3. The summed E-state index contributed by atoms with van der Waals surface area (Å²) in [7, 11) is 0. The van der Waals surface area contributed by atoms with Crippen molar-refractivity contribution in [2.24, 2.45) is 0 Å². The van der Waals surface area contributed by atoms with Crippen LogP contribution in [-0.2, 0) is 11.3 Å². The molecule has 0 unspecified atom stereocenters. The van der Waals surface area contributed by atoms with Gasteiger partial charge in [0.1, 0.15) is 5.76 Å². The zero-order chi connectivity index (χ0) is 12.1. The van der Waals surface area contributed by atoms with Crippen molar-refractivity contribution in [3.63, 3.8) is 0 Å². The molecule has 4 nitrogen and oxygen atoms in total. The van der Waals surface area contributed by atoms with Crippen LogP contribution >= 0.6 is 0 Å². The van der Waals surface area contributed by atoms with Crippen molar-refractivity contribution in [3.05, 3.63) is 24.2 Å². The fraction of sp³-hybridized carbons (Fsp3) is 0.692. The minimum atomic E-state index is 0.157. The number of hydrogen-bond acceptors (Lipinski definition) is 4. The van der Waals surface area contributed by atoms with Crippen LogP contribution in [0.4, 0.5) is 0 Å². The fourth-order valence-electron chi connectivity index (χ4n) is 2.14. The van der Waals surface area contributed by atoms with E-state index in [-0.39, 0.29) is 5.54 Å². The van der Waals surface area contributed by atoms with Crippen molar-refractivity contribution >= 4 is 0 Å². The van der Waals surface area contributed by atoms with E-state index in [1.165, 1.54) is 0 Å². The first-order chi connectivity index (χ1) is 8.18. The van der Waals surface area contributed by atoms with Crippen molar-refractivity contribution in [1.29, 1.82) is 0 Å². The molecule has 0 aromatic carbocycles. The SMILES string of the molecule is CC1(C)COCCN1CCNCc1ccco1. The summed E-state index contributed by atoms with van der Waals surface area (Å²) in [4.78, 5) is 2.48. The molecule has 1 aromatic rings. The summed E-state index contributed by atoms with van der Waals surface area (Å²) in [5.41, 5.74) is 0.157. The lowest BCUT2D eigenvalue weighted by Crippen LogP contribution is -2.54. The number of hydrogen-bond donors (Lipinski definition) is 1. The third-order valence-electron chi connectivity index (χ3n) is 3.25. The van der Waals surface area contributed by atoms with E-state index in [1.54, 1.807) is 6.26 Å². The van der Waals surface area contributed by atoms with E-state index in [4.69, 9.17) is 9.15 Å². The van der Waals surface area contributed by atoms with Crippen LogP contribution in [0.3, 0.4) is 0 Å². The highest BCUT2D eigenvalue weighted by Gasteiger charge is 2.29. The Balaban J connectivity index is 1.67. The number of rotatable bonds is 5. The zero-order valence-corrected chi connectivity index (χ0v) is 10.7. The summed E-state index contributed by atoms with van der Waals surface area (Å²) < 4.78 is 10.8. The molecule has 0 spiro atoms. The molecule has 0 amide bonds. The van der Waals surface area contributed by atoms with E-state index < -0.39 is 0 Å². The molecule has 1 N–H and O–H groups in total. The molecule has 2 rings (SSSR count). The van der Waals surface area contributed by atoms with Crippen molar-refractivity contribution < 1.29 is 9.15 Å². The highest BCUT2D eigenvalue weighted by atomic mass is 16.5. The van der Waals surface area contributed by atoms with Crippen molar-refractivity contribution in [1.82, 2.24) is 10.2 Å². The average molecular weight is 238 g/mol. The molecule has 1 aliphatic heterocycles. The number of nitrogens with one attached hydrogen (secondary N) is 1. The van der Waals surface area contributed by atoms with Crippen LogP contribution in [0.15, 0.2) is 22.8 Å². The van der Waals surface area contributed by atoms with Crippen LogP contribution in [0.2, 0.25) is 0 Å². The van der Waals surface area contributed by atoms with Gasteiger partial charge in [0, 0.05) is 25.2 Å². The minimum absolute atomic E-state index is 0.157. The molecular weight excluding hydrogens is 216 g/mol. The van der Waals surface area contributed by atoms with Gasteiger partial charge in [-0.1, -0.05) is 0 Å². The molecule has 0 atom stereocenters. The summed E-state index contributed by atoms with van der Waals surface area (Å²) in [6.07, 6.45) is 1.71. The van der Waals surface area contributed by atoms with Crippen molar-refractivity contribution in [2.75, 3.05) is 32.8 Å². The molecule has 0 aliphatic carbocycles. The lowest BCUT2D eigenvalue weighted by atomic mass is 10.0. The van der Waals surface area contributed by atoms with E-state index in [0.717, 1.165) is 45.2 Å². The monoisotopic (exact) mass is 238 g/mol. The molecule has 1 aromatic heterocycles. The maximum atomic E-state index is 5.50. The first kappa shape index (κ1) is 12.6. The quantitative estimate of drug-likeness (QED) is 0.789. The molecule has 1 fully saturated rings. The van der Waals surface area contributed by atoms with Crippen molar-refractivity contribution in [2.45, 2.75) is 25.9 Å². The molecule has 1 saturated heterocycles. The number of morpholine rings is 1. The van der Waals surface area contributed by atoms with Crippen LogP contribution in [0.25, 0.3) is 0 Å². The van der Waals surface area contributed by atoms with Gasteiger partial charge in [-0.2, -0.15) is 0 Å². The Hall–Kier alpha value is -0.840. The van der Waals surface area contributed by atoms with E-state index >= 15 is 0 Å². The van der Waals surface area contributed by atoms with Gasteiger partial charge in [0.15, 0.2) is 0 Å². The molecular formula is C13H22N2O2. The minimum Gasteiger partial charge on any atom is -0.468 e. The normalized spacial score (nSPS) is 20.6. The van der Waals surface area contributed by atoms with E-state index in [2.05, 4.69) is 24.1 Å². The topological polar surface area (TPSA) is 37.6 Å². The molecule has 17 heavy (non-hydrogen) atoms. The molecule has 2 heterocycles. The van der Waals surface area contributed by atoms with Crippen molar-refractivity contribution in [3.8, 4) is 0 Å². The Kier molecular flexibility index (Phi) is 4.20. The molecule has 1 aliphatic rings. The second kappa shape index (κ2) is 5.67. The maximum Gasteiger partial charge on any atom is 0.117 e. The van der Waals surface area contributed by atoms with Gasteiger partial charge in [-0.05, 0) is 26.0 Å². The van der Waals surface area contributed by atoms with Gasteiger partial charge in [0.2, 0.25) is 0 Å². The van der Waals surface area contributed by atoms with Crippen LogP contribution in [0, 0.1) is 0 Å². The highest BCUT2D eigenvalue weighted by Crippen LogP contribution is 2.17. The predicted molar refractivity (Wildman–Crippen MR) is 66.9 cm³/mol. The van der Waals surface area contributed by atoms with Gasteiger partial charge in [-0.25, -0.2) is 0 Å². The second-order valence-corrected chi connectivity index (χ2v) is 5.11. The third-order valence-corrected chi connectivity index (χ3v) is 3.25. The Morgan fingerprint density at radius 3 is 3.06 bits per heavy atom. The fourth-order valence-corrected chi connectivity index (χ4v) is 2.14. The Labute approximate surface area is 103 Å². The second-order valence-electron chi connectivity index (χ2n) is 5.11. The summed E-state index contributed by atoms with van der Waals surface area (Å²) >= 11 is 0. The van der Waals surface area contributed by atoms with Gasteiger partial charge < -0.3 is 14.5 Å². The number of furan rings is 1. The Bertz CT molecular complexity index is 322. The molecule has 96 valence electrons. The smallest absolute Gasteiger partial charge is 0.117 e. The molecule has 0 saturated carbocycles. The Morgan fingerprint density at radius 1 is 1.47 bits per heavy atom.